The molecule has 0 aromatic heterocycles. The van der Waals surface area contributed by atoms with Gasteiger partial charge in [-0.05, 0) is 43.9 Å². The summed E-state index contributed by atoms with van der Waals surface area (Å²) in [5, 5.41) is 6.20. The highest BCUT2D eigenvalue weighted by Crippen LogP contribution is 2.55. The lowest BCUT2D eigenvalue weighted by molar-refractivity contribution is -0.141. The van der Waals surface area contributed by atoms with Crippen molar-refractivity contribution in [3.8, 4) is 5.75 Å². The monoisotopic (exact) mass is 543 g/mol. The number of rotatable bonds is 8. The van der Waals surface area contributed by atoms with Gasteiger partial charge in [-0.3, -0.25) is 14.4 Å². The summed E-state index contributed by atoms with van der Waals surface area (Å²) < 4.78 is 11.8. The number of fused-ring (bicyclic) bond motifs is 1. The first-order valence-electron chi connectivity index (χ1n) is 14.4. The lowest BCUT2D eigenvalue weighted by Crippen LogP contribution is -2.56. The van der Waals surface area contributed by atoms with Gasteiger partial charge in [0.15, 0.2) is 0 Å². The minimum atomic E-state index is -1.16. The quantitative estimate of drug-likeness (QED) is 0.494. The highest BCUT2D eigenvalue weighted by molar-refractivity contribution is 6.02. The maximum Gasteiger partial charge on any atom is 0.246 e. The van der Waals surface area contributed by atoms with Gasteiger partial charge < -0.3 is 25.0 Å². The maximum absolute atomic E-state index is 14.2. The van der Waals surface area contributed by atoms with E-state index in [0.717, 1.165) is 31.2 Å². The van der Waals surface area contributed by atoms with Crippen molar-refractivity contribution in [1.29, 1.82) is 0 Å². The van der Waals surface area contributed by atoms with E-state index in [0.29, 0.717) is 24.4 Å². The molecule has 3 unspecified atom stereocenters. The fraction of sp³-hybridized carbons (Fsp3) is 0.469. The minimum absolute atomic E-state index is 0.0977. The SMILES string of the molecule is COc1cccc(NC(=O)C2[C@@H]3C=CC4(O3)C(C(=O)NC3CCCCC3)N(CCc3ccc(C)cc3)C(=O)[C@H]24)c1. The maximum atomic E-state index is 14.2. The molecule has 1 spiro atoms. The normalized spacial score (nSPS) is 28.9. The van der Waals surface area contributed by atoms with Crippen molar-refractivity contribution >= 4 is 23.4 Å². The Labute approximate surface area is 235 Å². The molecular weight excluding hydrogens is 506 g/mol. The van der Waals surface area contributed by atoms with Gasteiger partial charge in [0.2, 0.25) is 17.7 Å². The molecule has 8 nitrogen and oxygen atoms in total. The third kappa shape index (κ3) is 4.68. The highest BCUT2D eigenvalue weighted by atomic mass is 16.5. The number of methoxy groups -OCH3 is 1. The first kappa shape index (κ1) is 26.6. The number of anilines is 1. The molecule has 210 valence electrons. The standard InChI is InChI=1S/C32H37N3O5/c1-20-11-13-21(14-12-20)16-18-35-28(30(37)33-22-7-4-3-5-8-22)32-17-15-25(40-32)26(27(32)31(35)38)29(36)34-23-9-6-10-24(19-23)39-2/h6,9-15,17,19,22,25-28H,3-5,7-8,16,18H2,1-2H3,(H,33,37)(H,34,36)/t25-,26?,27-,28?,32?/m0/s1. The second kappa shape index (κ2) is 10.7. The number of hydrogen-bond acceptors (Lipinski definition) is 5. The van der Waals surface area contributed by atoms with Gasteiger partial charge in [-0.2, -0.15) is 0 Å². The van der Waals surface area contributed by atoms with Crippen LogP contribution in [0, 0.1) is 18.8 Å². The lowest BCUT2D eigenvalue weighted by Gasteiger charge is -2.34. The first-order chi connectivity index (χ1) is 19.4. The zero-order chi connectivity index (χ0) is 27.9. The predicted molar refractivity (Wildman–Crippen MR) is 151 cm³/mol. The fourth-order valence-electron chi connectivity index (χ4n) is 6.97. The molecule has 8 heteroatoms. The van der Waals surface area contributed by atoms with Crippen molar-refractivity contribution in [1.82, 2.24) is 10.2 Å². The third-order valence-electron chi connectivity index (χ3n) is 8.98. The van der Waals surface area contributed by atoms with Crippen molar-refractivity contribution < 1.29 is 23.9 Å². The Morgan fingerprint density at radius 1 is 1.07 bits per heavy atom. The van der Waals surface area contributed by atoms with E-state index in [1.165, 1.54) is 12.0 Å². The predicted octanol–water partition coefficient (Wildman–Crippen LogP) is 3.78. The van der Waals surface area contributed by atoms with Crippen LogP contribution in [-0.4, -0.2) is 60.1 Å². The van der Waals surface area contributed by atoms with E-state index in [9.17, 15) is 14.4 Å². The highest BCUT2D eigenvalue weighted by Gasteiger charge is 2.72. The van der Waals surface area contributed by atoms with Crippen LogP contribution in [0.3, 0.4) is 0 Å². The van der Waals surface area contributed by atoms with E-state index in [1.54, 1.807) is 36.3 Å². The Morgan fingerprint density at radius 3 is 2.60 bits per heavy atom. The summed E-state index contributed by atoms with van der Waals surface area (Å²) in [4.78, 5) is 43.4. The molecule has 1 aliphatic carbocycles. The molecule has 2 aromatic rings. The topological polar surface area (TPSA) is 97.0 Å². The second-order valence-electron chi connectivity index (χ2n) is 11.5. The van der Waals surface area contributed by atoms with E-state index in [4.69, 9.17) is 9.47 Å². The lowest BCUT2D eigenvalue weighted by atomic mass is 9.74. The smallest absolute Gasteiger partial charge is 0.246 e. The Hall–Kier alpha value is -3.65. The van der Waals surface area contributed by atoms with Gasteiger partial charge in [-0.15, -0.1) is 0 Å². The molecule has 3 fully saturated rings. The van der Waals surface area contributed by atoms with Gasteiger partial charge in [0.25, 0.3) is 0 Å². The number of likely N-dealkylation sites (tertiary alicyclic amines) is 1. The van der Waals surface area contributed by atoms with Gasteiger partial charge in [-0.1, -0.05) is 67.3 Å². The second-order valence-corrected chi connectivity index (χ2v) is 11.5. The van der Waals surface area contributed by atoms with Crippen LogP contribution in [0.2, 0.25) is 0 Å². The van der Waals surface area contributed by atoms with Crippen LogP contribution >= 0.6 is 0 Å². The summed E-state index contributed by atoms with van der Waals surface area (Å²) in [6.45, 7) is 2.41. The molecule has 2 saturated heterocycles. The van der Waals surface area contributed by atoms with E-state index in [2.05, 4.69) is 22.8 Å². The molecule has 4 aliphatic rings. The zero-order valence-electron chi connectivity index (χ0n) is 23.1. The molecule has 6 rings (SSSR count). The Bertz CT molecular complexity index is 1320. The van der Waals surface area contributed by atoms with Gasteiger partial charge in [0, 0.05) is 24.3 Å². The molecule has 3 amide bonds. The summed E-state index contributed by atoms with van der Waals surface area (Å²) in [6, 6.07) is 14.6. The number of hydrogen-bond donors (Lipinski definition) is 2. The molecule has 3 heterocycles. The average molecular weight is 544 g/mol. The number of carbonyl (C=O) groups is 3. The van der Waals surface area contributed by atoms with Gasteiger partial charge in [0.05, 0.1) is 25.0 Å². The molecule has 3 aliphatic heterocycles. The van der Waals surface area contributed by atoms with Gasteiger partial charge >= 0.3 is 0 Å². The number of ether oxygens (including phenoxy) is 2. The molecule has 1 saturated carbocycles. The Balaban J connectivity index is 1.28. The summed E-state index contributed by atoms with van der Waals surface area (Å²) >= 11 is 0. The van der Waals surface area contributed by atoms with Crippen LogP contribution in [0.25, 0.3) is 0 Å². The number of nitrogens with zero attached hydrogens (tertiary/aromatic N) is 1. The van der Waals surface area contributed by atoms with Crippen molar-refractivity contribution in [3.63, 3.8) is 0 Å². The average Bonchev–Trinajstić information content (AvgIpc) is 3.60. The van der Waals surface area contributed by atoms with E-state index in [-0.39, 0.29) is 23.8 Å². The van der Waals surface area contributed by atoms with Crippen molar-refractivity contribution in [3.05, 3.63) is 71.8 Å². The number of nitrogens with one attached hydrogen (secondary N) is 2. The molecule has 5 atom stereocenters. The van der Waals surface area contributed by atoms with Crippen molar-refractivity contribution in [2.45, 2.75) is 69.2 Å². The molecular formula is C32H37N3O5. The van der Waals surface area contributed by atoms with Crippen molar-refractivity contribution in [2.24, 2.45) is 11.8 Å². The molecule has 2 bridgehead atoms. The van der Waals surface area contributed by atoms with Crippen LogP contribution in [0.1, 0.15) is 43.2 Å². The van der Waals surface area contributed by atoms with Crippen molar-refractivity contribution in [2.75, 3.05) is 19.0 Å². The Morgan fingerprint density at radius 2 is 1.85 bits per heavy atom. The zero-order valence-corrected chi connectivity index (χ0v) is 23.1. The molecule has 40 heavy (non-hydrogen) atoms. The number of amides is 3. The molecule has 2 N–H and O–H groups in total. The van der Waals surface area contributed by atoms with Crippen LogP contribution < -0.4 is 15.4 Å². The number of benzene rings is 2. The van der Waals surface area contributed by atoms with Crippen LogP contribution in [0.4, 0.5) is 5.69 Å². The van der Waals surface area contributed by atoms with E-state index >= 15 is 0 Å². The van der Waals surface area contributed by atoms with Crippen LogP contribution in [0.15, 0.2) is 60.7 Å². The summed E-state index contributed by atoms with van der Waals surface area (Å²) in [5.74, 6) is -1.57. The van der Waals surface area contributed by atoms with Crippen LogP contribution in [-0.2, 0) is 25.5 Å². The van der Waals surface area contributed by atoms with Gasteiger partial charge in [0.1, 0.15) is 17.4 Å². The summed E-state index contributed by atoms with van der Waals surface area (Å²) in [6.07, 6.45) is 9.00. The minimum Gasteiger partial charge on any atom is -0.497 e. The number of aryl methyl sites for hydroxylation is 1. The van der Waals surface area contributed by atoms with Crippen LogP contribution in [0.5, 0.6) is 5.75 Å². The molecule has 0 radical (unpaired) electrons. The Kier molecular flexibility index (Phi) is 7.13. The first-order valence-corrected chi connectivity index (χ1v) is 14.4. The molecule has 2 aromatic carbocycles. The third-order valence-corrected chi connectivity index (χ3v) is 8.98. The largest absolute Gasteiger partial charge is 0.497 e. The summed E-state index contributed by atoms with van der Waals surface area (Å²) in [5.41, 5.74) is 1.68. The number of carbonyl (C=O) groups excluding carboxylic acids is 3. The summed E-state index contributed by atoms with van der Waals surface area (Å²) in [7, 11) is 1.57. The van der Waals surface area contributed by atoms with E-state index in [1.807, 2.05) is 31.2 Å². The fourth-order valence-corrected chi connectivity index (χ4v) is 6.97. The van der Waals surface area contributed by atoms with E-state index < -0.39 is 29.6 Å². The van der Waals surface area contributed by atoms with Gasteiger partial charge in [-0.25, -0.2) is 0 Å².